The van der Waals surface area contributed by atoms with Crippen LogP contribution in [-0.2, 0) is 11.3 Å². The summed E-state index contributed by atoms with van der Waals surface area (Å²) in [6, 6.07) is 13.1. The summed E-state index contributed by atoms with van der Waals surface area (Å²) in [7, 11) is 0. The first-order chi connectivity index (χ1) is 14.6. The Balaban J connectivity index is 0.00000272. The van der Waals surface area contributed by atoms with Crippen molar-refractivity contribution in [1.29, 1.82) is 0 Å². The first-order valence-corrected chi connectivity index (χ1v) is 10.8. The number of halogens is 2. The zero-order valence-corrected chi connectivity index (χ0v) is 19.3. The number of imidazole rings is 1. The van der Waals surface area contributed by atoms with E-state index in [0.29, 0.717) is 22.4 Å². The minimum absolute atomic E-state index is 0. The van der Waals surface area contributed by atoms with E-state index in [4.69, 9.17) is 21.3 Å². The molecule has 6 nitrogen and oxygen atoms in total. The molecule has 0 spiro atoms. The van der Waals surface area contributed by atoms with E-state index >= 15 is 0 Å². The zero-order valence-electron chi connectivity index (χ0n) is 16.9. The number of carbonyl (C=O) groups excluding carboxylic acids is 1. The fourth-order valence-corrected chi connectivity index (χ4v) is 4.46. The highest BCUT2D eigenvalue weighted by Crippen LogP contribution is 2.35. The highest BCUT2D eigenvalue weighted by atomic mass is 35.5. The van der Waals surface area contributed by atoms with Gasteiger partial charge in [-0.25, -0.2) is 9.97 Å². The lowest BCUT2D eigenvalue weighted by Crippen LogP contribution is -2.36. The molecule has 2 aromatic carbocycles. The van der Waals surface area contributed by atoms with Gasteiger partial charge in [-0.15, -0.1) is 12.4 Å². The van der Waals surface area contributed by atoms with E-state index in [-0.39, 0.29) is 24.9 Å². The molecule has 0 aliphatic heterocycles. The number of hydrogen-bond donors (Lipinski definition) is 0. The van der Waals surface area contributed by atoms with Gasteiger partial charge in [-0.05, 0) is 37.1 Å². The van der Waals surface area contributed by atoms with Gasteiger partial charge in [0.2, 0.25) is 0 Å². The number of aromatic nitrogens is 3. The number of benzene rings is 2. The predicted molar refractivity (Wildman–Crippen MR) is 128 cm³/mol. The Morgan fingerprint density at radius 1 is 1.23 bits per heavy atom. The summed E-state index contributed by atoms with van der Waals surface area (Å²) in [4.78, 5) is 23.6. The Kier molecular flexibility index (Phi) is 7.90. The van der Waals surface area contributed by atoms with Crippen molar-refractivity contribution < 1.29 is 9.53 Å². The van der Waals surface area contributed by atoms with Crippen molar-refractivity contribution in [3.63, 3.8) is 0 Å². The molecule has 9 heteroatoms. The molecule has 0 radical (unpaired) electrons. The van der Waals surface area contributed by atoms with Crippen LogP contribution in [0.25, 0.3) is 10.2 Å². The van der Waals surface area contributed by atoms with Crippen molar-refractivity contribution in [3.8, 4) is 5.75 Å². The van der Waals surface area contributed by atoms with Gasteiger partial charge in [0.05, 0.1) is 21.6 Å². The van der Waals surface area contributed by atoms with Gasteiger partial charge < -0.3 is 9.30 Å². The second-order valence-electron chi connectivity index (χ2n) is 6.84. The highest BCUT2D eigenvalue weighted by molar-refractivity contribution is 7.23. The van der Waals surface area contributed by atoms with E-state index in [2.05, 4.69) is 4.98 Å². The summed E-state index contributed by atoms with van der Waals surface area (Å²) in [6.45, 7) is 3.21. The fraction of sp³-hybridized carbons (Fsp3) is 0.227. The molecule has 0 atom stereocenters. The van der Waals surface area contributed by atoms with Crippen LogP contribution in [0.3, 0.4) is 0 Å². The molecular formula is C22H22Cl2N4O2S. The fourth-order valence-electron chi connectivity index (χ4n) is 3.10. The molecule has 0 saturated carbocycles. The largest absolute Gasteiger partial charge is 0.484 e. The minimum Gasteiger partial charge on any atom is -0.484 e. The lowest BCUT2D eigenvalue weighted by molar-refractivity contribution is -0.120. The third kappa shape index (κ3) is 5.55. The topological polar surface area (TPSA) is 60.2 Å². The summed E-state index contributed by atoms with van der Waals surface area (Å²) in [5, 5.41) is 1.28. The van der Waals surface area contributed by atoms with Gasteiger partial charge in [-0.3, -0.25) is 9.69 Å². The smallest absolute Gasteiger partial charge is 0.266 e. The zero-order chi connectivity index (χ0) is 20.9. The van der Waals surface area contributed by atoms with Crippen LogP contribution < -0.4 is 9.64 Å². The number of hydrogen-bond acceptors (Lipinski definition) is 5. The molecule has 4 rings (SSSR count). The van der Waals surface area contributed by atoms with E-state index in [9.17, 15) is 4.79 Å². The number of rotatable bonds is 8. The highest BCUT2D eigenvalue weighted by Gasteiger charge is 2.21. The molecule has 0 aliphatic rings. The maximum atomic E-state index is 13.1. The average molecular weight is 477 g/mol. The van der Waals surface area contributed by atoms with Gasteiger partial charge >= 0.3 is 0 Å². The maximum Gasteiger partial charge on any atom is 0.266 e. The number of ether oxygens (including phenoxy) is 1. The number of fused-ring (bicyclic) bond motifs is 1. The van der Waals surface area contributed by atoms with Crippen molar-refractivity contribution >= 4 is 56.6 Å². The lowest BCUT2D eigenvalue weighted by atomic mass is 10.2. The lowest BCUT2D eigenvalue weighted by Gasteiger charge is -2.20. The van der Waals surface area contributed by atoms with Crippen molar-refractivity contribution in [1.82, 2.24) is 14.5 Å². The third-order valence-corrected chi connectivity index (χ3v) is 6.22. The number of anilines is 1. The SMILES string of the molecule is Cc1ccc(Cl)c2sc(N(CCCn3ccnc3)C(=O)COc3ccccc3)nc12.Cl. The van der Waals surface area contributed by atoms with Crippen LogP contribution in [0.15, 0.2) is 61.2 Å². The van der Waals surface area contributed by atoms with E-state index in [0.717, 1.165) is 28.7 Å². The average Bonchev–Trinajstić information content (AvgIpc) is 3.44. The number of nitrogens with zero attached hydrogens (tertiary/aromatic N) is 4. The standard InChI is InChI=1S/C22H21ClN4O2S.ClH/c1-16-8-9-18(23)21-20(16)25-22(30-21)27(12-5-11-26-13-10-24-15-26)19(28)14-29-17-6-3-2-4-7-17;/h2-4,6-10,13,15H,5,11-12,14H2,1H3;1H. The predicted octanol–water partition coefficient (Wildman–Crippen LogP) is 5.38. The number of para-hydroxylation sites is 1. The Labute approximate surface area is 195 Å². The number of amides is 1. The van der Waals surface area contributed by atoms with Crippen molar-refractivity contribution in [2.75, 3.05) is 18.1 Å². The van der Waals surface area contributed by atoms with Gasteiger partial charge in [0.25, 0.3) is 5.91 Å². The Morgan fingerprint density at radius 3 is 2.74 bits per heavy atom. The van der Waals surface area contributed by atoms with E-state index in [1.807, 2.05) is 60.2 Å². The molecule has 31 heavy (non-hydrogen) atoms. The third-order valence-electron chi connectivity index (χ3n) is 4.68. The molecule has 4 aromatic rings. The quantitative estimate of drug-likeness (QED) is 0.342. The summed E-state index contributed by atoms with van der Waals surface area (Å²) >= 11 is 7.80. The summed E-state index contributed by atoms with van der Waals surface area (Å²) in [5.41, 5.74) is 1.86. The number of carbonyl (C=O) groups is 1. The molecule has 0 unspecified atom stereocenters. The van der Waals surface area contributed by atoms with Gasteiger partial charge in [0.1, 0.15) is 5.75 Å². The molecule has 2 aromatic heterocycles. The Bertz CT molecular complexity index is 1090. The van der Waals surface area contributed by atoms with E-state index < -0.39 is 0 Å². The molecule has 1 amide bonds. The van der Waals surface area contributed by atoms with Gasteiger partial charge in [-0.1, -0.05) is 47.2 Å². The second kappa shape index (κ2) is 10.6. The van der Waals surface area contributed by atoms with Crippen molar-refractivity contribution in [2.45, 2.75) is 19.9 Å². The maximum absolute atomic E-state index is 13.1. The molecule has 0 N–H and O–H groups in total. The van der Waals surface area contributed by atoms with Crippen LogP contribution >= 0.6 is 35.3 Å². The van der Waals surface area contributed by atoms with E-state index in [1.165, 1.54) is 11.3 Å². The van der Waals surface area contributed by atoms with Crippen LogP contribution in [0.2, 0.25) is 5.02 Å². The van der Waals surface area contributed by atoms with Crippen LogP contribution in [-0.4, -0.2) is 33.6 Å². The van der Waals surface area contributed by atoms with Crippen LogP contribution in [0.5, 0.6) is 5.75 Å². The minimum atomic E-state index is -0.141. The summed E-state index contributed by atoms with van der Waals surface area (Å²) < 4.78 is 8.57. The summed E-state index contributed by atoms with van der Waals surface area (Å²) in [5.74, 6) is 0.518. The van der Waals surface area contributed by atoms with E-state index in [1.54, 1.807) is 17.4 Å². The van der Waals surface area contributed by atoms with Gasteiger partial charge in [-0.2, -0.15) is 0 Å². The van der Waals surface area contributed by atoms with Crippen LogP contribution in [0.1, 0.15) is 12.0 Å². The molecule has 2 heterocycles. The number of thiazole rings is 1. The Hall–Kier alpha value is -2.61. The molecule has 0 bridgehead atoms. The monoisotopic (exact) mass is 476 g/mol. The van der Waals surface area contributed by atoms with Crippen LogP contribution in [0, 0.1) is 6.92 Å². The first kappa shape index (κ1) is 23.1. The Morgan fingerprint density at radius 2 is 2.03 bits per heavy atom. The summed E-state index contributed by atoms with van der Waals surface area (Å²) in [6.07, 6.45) is 6.18. The normalized spacial score (nSPS) is 10.6. The molecule has 0 fully saturated rings. The van der Waals surface area contributed by atoms with Crippen molar-refractivity contribution in [3.05, 3.63) is 71.8 Å². The second-order valence-corrected chi connectivity index (χ2v) is 8.22. The van der Waals surface area contributed by atoms with Crippen molar-refractivity contribution in [2.24, 2.45) is 0 Å². The van der Waals surface area contributed by atoms with Crippen LogP contribution in [0.4, 0.5) is 5.13 Å². The molecular weight excluding hydrogens is 455 g/mol. The molecule has 0 aliphatic carbocycles. The first-order valence-electron chi connectivity index (χ1n) is 9.61. The number of aryl methyl sites for hydroxylation is 2. The van der Waals surface area contributed by atoms with Gasteiger partial charge in [0.15, 0.2) is 11.7 Å². The van der Waals surface area contributed by atoms with Gasteiger partial charge in [0, 0.05) is 25.5 Å². The molecule has 162 valence electrons. The molecule has 0 saturated heterocycles.